The standard InChI is InChI=1S/C14H12FNO3/c1-19-14(18)12-7-6-11(16-13(12)17)8-9-2-4-10(15)5-3-9/h2-7H,8H2,1H3,(H,16,17). The van der Waals surface area contributed by atoms with Gasteiger partial charge in [0.2, 0.25) is 0 Å². The molecule has 1 aromatic carbocycles. The molecule has 0 spiro atoms. The van der Waals surface area contributed by atoms with Crippen LogP contribution >= 0.6 is 0 Å². The van der Waals surface area contributed by atoms with Crippen molar-refractivity contribution in [2.75, 3.05) is 7.11 Å². The second-order valence-electron chi connectivity index (χ2n) is 4.02. The van der Waals surface area contributed by atoms with Crippen LogP contribution in [0.1, 0.15) is 21.6 Å². The maximum Gasteiger partial charge on any atom is 0.343 e. The molecule has 2 rings (SSSR count). The highest BCUT2D eigenvalue weighted by atomic mass is 19.1. The SMILES string of the molecule is COC(=O)c1ccc(Cc2ccc(F)cc2)[nH]c1=O. The molecule has 0 fully saturated rings. The van der Waals surface area contributed by atoms with Crippen LogP contribution in [0.2, 0.25) is 0 Å². The van der Waals surface area contributed by atoms with E-state index in [0.717, 1.165) is 5.56 Å². The molecular weight excluding hydrogens is 249 g/mol. The van der Waals surface area contributed by atoms with E-state index in [0.29, 0.717) is 12.1 Å². The van der Waals surface area contributed by atoms with Gasteiger partial charge in [0.15, 0.2) is 0 Å². The van der Waals surface area contributed by atoms with Gasteiger partial charge in [0, 0.05) is 12.1 Å². The average Bonchev–Trinajstić information content (AvgIpc) is 2.41. The minimum Gasteiger partial charge on any atom is -0.465 e. The van der Waals surface area contributed by atoms with Crippen LogP contribution in [0.3, 0.4) is 0 Å². The van der Waals surface area contributed by atoms with Gasteiger partial charge in [0.05, 0.1) is 7.11 Å². The lowest BCUT2D eigenvalue weighted by atomic mass is 10.1. The minimum atomic E-state index is -0.672. The van der Waals surface area contributed by atoms with Crippen molar-refractivity contribution in [1.82, 2.24) is 4.98 Å². The van der Waals surface area contributed by atoms with Crippen molar-refractivity contribution >= 4 is 5.97 Å². The van der Waals surface area contributed by atoms with E-state index < -0.39 is 11.5 Å². The number of halogens is 1. The van der Waals surface area contributed by atoms with Crippen molar-refractivity contribution in [2.45, 2.75) is 6.42 Å². The first kappa shape index (κ1) is 13.0. The summed E-state index contributed by atoms with van der Waals surface area (Å²) in [5.74, 6) is -0.979. The molecule has 98 valence electrons. The third-order valence-electron chi connectivity index (χ3n) is 2.68. The first-order valence-electron chi connectivity index (χ1n) is 5.65. The molecule has 0 aliphatic heterocycles. The molecular formula is C14H12FNO3. The molecule has 1 heterocycles. The van der Waals surface area contributed by atoms with E-state index in [1.54, 1.807) is 18.2 Å². The highest BCUT2D eigenvalue weighted by molar-refractivity contribution is 5.88. The Morgan fingerprint density at radius 2 is 1.89 bits per heavy atom. The fraction of sp³-hybridized carbons (Fsp3) is 0.143. The van der Waals surface area contributed by atoms with Crippen LogP contribution in [-0.2, 0) is 11.2 Å². The number of carbonyl (C=O) groups excluding carboxylic acids is 1. The zero-order chi connectivity index (χ0) is 13.8. The van der Waals surface area contributed by atoms with E-state index in [1.807, 2.05) is 0 Å². The molecule has 0 bridgehead atoms. The lowest BCUT2D eigenvalue weighted by molar-refractivity contribution is 0.0598. The summed E-state index contributed by atoms with van der Waals surface area (Å²) in [6, 6.07) is 9.05. The number of pyridine rings is 1. The first-order chi connectivity index (χ1) is 9.10. The summed E-state index contributed by atoms with van der Waals surface area (Å²) in [7, 11) is 1.22. The molecule has 0 atom stereocenters. The van der Waals surface area contributed by atoms with Gasteiger partial charge in [-0.15, -0.1) is 0 Å². The van der Waals surface area contributed by atoms with E-state index in [1.165, 1.54) is 25.3 Å². The normalized spacial score (nSPS) is 10.2. The largest absolute Gasteiger partial charge is 0.465 e. The van der Waals surface area contributed by atoms with Gasteiger partial charge in [0.1, 0.15) is 11.4 Å². The number of H-pyrrole nitrogens is 1. The Balaban J connectivity index is 2.23. The Morgan fingerprint density at radius 3 is 2.47 bits per heavy atom. The second kappa shape index (κ2) is 5.48. The Morgan fingerprint density at radius 1 is 1.21 bits per heavy atom. The molecule has 0 aliphatic carbocycles. The monoisotopic (exact) mass is 261 g/mol. The molecule has 0 radical (unpaired) electrons. The summed E-state index contributed by atoms with van der Waals surface area (Å²) in [6.45, 7) is 0. The van der Waals surface area contributed by atoms with Gasteiger partial charge in [-0.25, -0.2) is 9.18 Å². The highest BCUT2D eigenvalue weighted by Gasteiger charge is 2.10. The average molecular weight is 261 g/mol. The molecule has 5 heteroatoms. The van der Waals surface area contributed by atoms with Crippen molar-refractivity contribution in [3.05, 3.63) is 69.4 Å². The Kier molecular flexibility index (Phi) is 3.75. The van der Waals surface area contributed by atoms with Crippen molar-refractivity contribution < 1.29 is 13.9 Å². The predicted octanol–water partition coefficient (Wildman–Crippen LogP) is 1.89. The number of esters is 1. The van der Waals surface area contributed by atoms with Gasteiger partial charge in [-0.2, -0.15) is 0 Å². The summed E-state index contributed by atoms with van der Waals surface area (Å²) in [6.07, 6.45) is 0.455. The Hall–Kier alpha value is -2.43. The number of carbonyl (C=O) groups is 1. The maximum atomic E-state index is 12.8. The summed E-state index contributed by atoms with van der Waals surface area (Å²) >= 11 is 0. The fourth-order valence-electron chi connectivity index (χ4n) is 1.71. The summed E-state index contributed by atoms with van der Waals surface area (Å²) in [4.78, 5) is 25.5. The van der Waals surface area contributed by atoms with Crippen molar-refractivity contribution in [3.63, 3.8) is 0 Å². The van der Waals surface area contributed by atoms with Crippen LogP contribution in [0.4, 0.5) is 4.39 Å². The number of rotatable bonds is 3. The fourth-order valence-corrected chi connectivity index (χ4v) is 1.71. The number of hydrogen-bond donors (Lipinski definition) is 1. The summed E-state index contributed by atoms with van der Waals surface area (Å²) in [5.41, 5.74) is 0.976. The second-order valence-corrected chi connectivity index (χ2v) is 4.02. The number of methoxy groups -OCH3 is 1. The minimum absolute atomic E-state index is 0.0367. The van der Waals surface area contributed by atoms with Crippen molar-refractivity contribution in [3.8, 4) is 0 Å². The molecule has 0 amide bonds. The van der Waals surface area contributed by atoms with Gasteiger partial charge in [-0.3, -0.25) is 4.79 Å². The van der Waals surface area contributed by atoms with Crippen LogP contribution in [0.25, 0.3) is 0 Å². The van der Waals surface area contributed by atoms with Crippen molar-refractivity contribution in [2.24, 2.45) is 0 Å². The summed E-state index contributed by atoms with van der Waals surface area (Å²) in [5, 5.41) is 0. The Bertz CT molecular complexity index is 646. The zero-order valence-corrected chi connectivity index (χ0v) is 10.3. The lowest BCUT2D eigenvalue weighted by Gasteiger charge is -2.03. The van der Waals surface area contributed by atoms with E-state index in [-0.39, 0.29) is 11.4 Å². The first-order valence-corrected chi connectivity index (χ1v) is 5.65. The molecule has 4 nitrogen and oxygen atoms in total. The molecule has 1 aromatic heterocycles. The van der Waals surface area contributed by atoms with Crippen LogP contribution in [0, 0.1) is 5.82 Å². The van der Waals surface area contributed by atoms with Crippen LogP contribution < -0.4 is 5.56 Å². The van der Waals surface area contributed by atoms with Gasteiger partial charge in [-0.1, -0.05) is 12.1 Å². The quantitative estimate of drug-likeness (QED) is 0.858. The molecule has 2 aromatic rings. The zero-order valence-electron chi connectivity index (χ0n) is 10.3. The number of ether oxygens (including phenoxy) is 1. The van der Waals surface area contributed by atoms with Crippen LogP contribution in [-0.4, -0.2) is 18.1 Å². The molecule has 0 saturated heterocycles. The highest BCUT2D eigenvalue weighted by Crippen LogP contribution is 2.08. The molecule has 1 N–H and O–H groups in total. The maximum absolute atomic E-state index is 12.8. The van der Waals surface area contributed by atoms with E-state index in [4.69, 9.17) is 0 Å². The van der Waals surface area contributed by atoms with Crippen molar-refractivity contribution in [1.29, 1.82) is 0 Å². The number of hydrogen-bond acceptors (Lipinski definition) is 3. The molecule has 0 saturated carbocycles. The number of aromatic nitrogens is 1. The van der Waals surface area contributed by atoms with Gasteiger partial charge in [-0.05, 0) is 29.8 Å². The Labute approximate surface area is 108 Å². The van der Waals surface area contributed by atoms with Crippen LogP contribution in [0.15, 0.2) is 41.2 Å². The van der Waals surface area contributed by atoms with E-state index in [2.05, 4.69) is 9.72 Å². The van der Waals surface area contributed by atoms with Gasteiger partial charge < -0.3 is 9.72 Å². The lowest BCUT2D eigenvalue weighted by Crippen LogP contribution is -2.19. The third-order valence-corrected chi connectivity index (χ3v) is 2.68. The smallest absolute Gasteiger partial charge is 0.343 e. The molecule has 19 heavy (non-hydrogen) atoms. The van der Waals surface area contributed by atoms with Gasteiger partial charge >= 0.3 is 5.97 Å². The molecule has 0 aliphatic rings. The topological polar surface area (TPSA) is 59.2 Å². The van der Waals surface area contributed by atoms with E-state index >= 15 is 0 Å². The van der Waals surface area contributed by atoms with E-state index in [9.17, 15) is 14.0 Å². The number of nitrogens with one attached hydrogen (secondary N) is 1. The number of benzene rings is 1. The summed E-state index contributed by atoms with van der Waals surface area (Å²) < 4.78 is 17.2. The number of aromatic amines is 1. The predicted molar refractivity (Wildman–Crippen MR) is 67.6 cm³/mol. The van der Waals surface area contributed by atoms with Crippen LogP contribution in [0.5, 0.6) is 0 Å². The van der Waals surface area contributed by atoms with Gasteiger partial charge in [0.25, 0.3) is 5.56 Å². The third kappa shape index (κ3) is 3.07. The molecule has 0 unspecified atom stereocenters.